The van der Waals surface area contributed by atoms with Gasteiger partial charge in [-0.3, -0.25) is 14.5 Å². The molecule has 0 saturated heterocycles. The molecule has 192 valence electrons. The summed E-state index contributed by atoms with van der Waals surface area (Å²) >= 11 is 4.71. The van der Waals surface area contributed by atoms with Gasteiger partial charge in [-0.15, -0.1) is 10.2 Å². The lowest BCUT2D eigenvalue weighted by Gasteiger charge is -2.23. The van der Waals surface area contributed by atoms with Gasteiger partial charge in [0.15, 0.2) is 16.9 Å². The topological polar surface area (TPSA) is 94.8 Å². The molecule has 1 atom stereocenters. The van der Waals surface area contributed by atoms with E-state index in [0.717, 1.165) is 10.9 Å². The summed E-state index contributed by atoms with van der Waals surface area (Å²) < 4.78 is 18.7. The maximum absolute atomic E-state index is 13.8. The van der Waals surface area contributed by atoms with E-state index in [9.17, 15) is 9.59 Å². The van der Waals surface area contributed by atoms with Crippen molar-refractivity contribution in [3.8, 4) is 11.5 Å². The number of carbonyl (C=O) groups excluding carboxylic acids is 1. The molecule has 0 fully saturated rings. The van der Waals surface area contributed by atoms with E-state index in [-0.39, 0.29) is 16.8 Å². The molecule has 1 amide bonds. The lowest BCUT2D eigenvalue weighted by atomic mass is 9.98. The molecule has 0 N–H and O–H groups in total. The minimum Gasteiger partial charge on any atom is -0.490 e. The van der Waals surface area contributed by atoms with Crippen LogP contribution in [0.5, 0.6) is 11.5 Å². The van der Waals surface area contributed by atoms with Crippen molar-refractivity contribution in [2.24, 2.45) is 5.92 Å². The molecule has 1 unspecified atom stereocenters. The van der Waals surface area contributed by atoms with E-state index in [1.54, 1.807) is 18.2 Å². The first-order chi connectivity index (χ1) is 17.8. The first-order valence-electron chi connectivity index (χ1n) is 12.1. The molecule has 0 aliphatic carbocycles. The van der Waals surface area contributed by atoms with Crippen LogP contribution in [0.2, 0.25) is 0 Å². The van der Waals surface area contributed by atoms with E-state index in [0.29, 0.717) is 57.3 Å². The monoisotopic (exact) mass is 583 g/mol. The van der Waals surface area contributed by atoms with Crippen molar-refractivity contribution in [1.82, 2.24) is 10.2 Å². The Morgan fingerprint density at radius 2 is 1.92 bits per heavy atom. The molecular formula is C27H26BrN3O5S. The standard InChI is InChI=1S/C27H26BrN3O5S/c1-5-34-21-12-16(6-8-20(21)35-11-10-14(2)3)23-22-24(32)18-13-17(28)7-9-19(18)36-25(22)26(33)31(23)27-30-29-15(4)37-27/h6-9,12-14,23H,5,10-11H2,1-4H3. The third kappa shape index (κ3) is 4.75. The molecular weight excluding hydrogens is 558 g/mol. The van der Waals surface area contributed by atoms with Gasteiger partial charge in [-0.2, -0.15) is 0 Å². The van der Waals surface area contributed by atoms with Crippen molar-refractivity contribution >= 4 is 49.3 Å². The number of fused-ring (bicyclic) bond motifs is 2. The van der Waals surface area contributed by atoms with Crippen molar-refractivity contribution in [3.63, 3.8) is 0 Å². The van der Waals surface area contributed by atoms with E-state index >= 15 is 0 Å². The van der Waals surface area contributed by atoms with Crippen LogP contribution in [0.15, 0.2) is 50.1 Å². The Labute approximate surface area is 226 Å². The van der Waals surface area contributed by atoms with Gasteiger partial charge in [0.2, 0.25) is 10.9 Å². The zero-order valence-electron chi connectivity index (χ0n) is 20.9. The highest BCUT2D eigenvalue weighted by molar-refractivity contribution is 9.10. The zero-order valence-corrected chi connectivity index (χ0v) is 23.3. The van der Waals surface area contributed by atoms with Gasteiger partial charge >= 0.3 is 0 Å². The molecule has 3 heterocycles. The quantitative estimate of drug-likeness (QED) is 0.240. The number of nitrogens with zero attached hydrogens (tertiary/aromatic N) is 3. The maximum atomic E-state index is 13.8. The van der Waals surface area contributed by atoms with Crippen LogP contribution in [0.3, 0.4) is 0 Å². The van der Waals surface area contributed by atoms with Crippen LogP contribution < -0.4 is 19.8 Å². The number of rotatable bonds is 8. The maximum Gasteiger partial charge on any atom is 0.297 e. The Morgan fingerprint density at radius 1 is 1.11 bits per heavy atom. The Hall–Kier alpha value is -3.24. The van der Waals surface area contributed by atoms with E-state index in [2.05, 4.69) is 40.0 Å². The second kappa shape index (κ2) is 10.3. The van der Waals surface area contributed by atoms with E-state index in [1.807, 2.05) is 32.0 Å². The predicted octanol–water partition coefficient (Wildman–Crippen LogP) is 6.29. The fourth-order valence-electron chi connectivity index (χ4n) is 4.33. The molecule has 2 aromatic carbocycles. The largest absolute Gasteiger partial charge is 0.490 e. The number of carbonyl (C=O) groups is 1. The second-order valence-corrected chi connectivity index (χ2v) is 11.2. The van der Waals surface area contributed by atoms with Crippen molar-refractivity contribution in [3.05, 3.63) is 73.0 Å². The number of aromatic nitrogens is 2. The van der Waals surface area contributed by atoms with E-state index in [1.165, 1.54) is 16.2 Å². The highest BCUT2D eigenvalue weighted by atomic mass is 79.9. The summed E-state index contributed by atoms with van der Waals surface area (Å²) in [4.78, 5) is 29.0. The summed E-state index contributed by atoms with van der Waals surface area (Å²) in [5.74, 6) is 1.24. The van der Waals surface area contributed by atoms with Gasteiger partial charge in [-0.25, -0.2) is 0 Å². The van der Waals surface area contributed by atoms with Crippen molar-refractivity contribution in [2.45, 2.75) is 40.2 Å². The molecule has 0 bridgehead atoms. The van der Waals surface area contributed by atoms with Crippen molar-refractivity contribution < 1.29 is 18.7 Å². The Balaban J connectivity index is 1.68. The van der Waals surface area contributed by atoms with E-state index in [4.69, 9.17) is 13.9 Å². The van der Waals surface area contributed by atoms with Gasteiger partial charge in [0.05, 0.1) is 30.2 Å². The van der Waals surface area contributed by atoms with Crippen LogP contribution in [0.1, 0.15) is 59.9 Å². The van der Waals surface area contributed by atoms with Crippen LogP contribution in [0.4, 0.5) is 5.13 Å². The summed E-state index contributed by atoms with van der Waals surface area (Å²) in [5.41, 5.74) is 1.02. The summed E-state index contributed by atoms with van der Waals surface area (Å²) in [6.45, 7) is 8.99. The van der Waals surface area contributed by atoms with Gasteiger partial charge in [-0.05, 0) is 62.1 Å². The number of hydrogen-bond acceptors (Lipinski definition) is 8. The second-order valence-electron chi connectivity index (χ2n) is 9.17. The summed E-state index contributed by atoms with van der Waals surface area (Å²) in [7, 11) is 0. The van der Waals surface area contributed by atoms with Gasteiger partial charge in [0.25, 0.3) is 5.91 Å². The molecule has 0 radical (unpaired) electrons. The van der Waals surface area contributed by atoms with Gasteiger partial charge in [0.1, 0.15) is 10.6 Å². The minimum atomic E-state index is -0.765. The summed E-state index contributed by atoms with van der Waals surface area (Å²) in [6.07, 6.45) is 0.908. The molecule has 2 aromatic heterocycles. The van der Waals surface area contributed by atoms with Gasteiger partial charge < -0.3 is 13.9 Å². The molecule has 4 aromatic rings. The predicted molar refractivity (Wildman–Crippen MR) is 146 cm³/mol. The zero-order chi connectivity index (χ0) is 26.3. The van der Waals surface area contributed by atoms with Crippen LogP contribution in [-0.4, -0.2) is 29.3 Å². The highest BCUT2D eigenvalue weighted by Gasteiger charge is 2.45. The van der Waals surface area contributed by atoms with Crippen molar-refractivity contribution in [2.75, 3.05) is 18.1 Å². The Kier molecular flexibility index (Phi) is 7.04. The molecule has 8 nitrogen and oxygen atoms in total. The SMILES string of the molecule is CCOc1cc(C2c3c(oc4ccc(Br)cc4c3=O)C(=O)N2c2nnc(C)s2)ccc1OCCC(C)C. The van der Waals surface area contributed by atoms with Gasteiger partial charge in [-0.1, -0.05) is 47.2 Å². The van der Waals surface area contributed by atoms with Gasteiger partial charge in [0, 0.05) is 4.47 Å². The van der Waals surface area contributed by atoms with Crippen LogP contribution >= 0.6 is 27.3 Å². The average molecular weight is 584 g/mol. The number of aryl methyl sites for hydroxylation is 1. The summed E-state index contributed by atoms with van der Waals surface area (Å²) in [6, 6.07) is 9.89. The lowest BCUT2D eigenvalue weighted by molar-refractivity contribution is 0.0970. The number of ether oxygens (including phenoxy) is 2. The van der Waals surface area contributed by atoms with Crippen LogP contribution in [0.25, 0.3) is 11.0 Å². The number of benzene rings is 2. The van der Waals surface area contributed by atoms with Crippen LogP contribution in [0, 0.1) is 12.8 Å². The molecule has 0 saturated carbocycles. The molecule has 10 heteroatoms. The summed E-state index contributed by atoms with van der Waals surface area (Å²) in [5, 5.41) is 9.80. The van der Waals surface area contributed by atoms with Crippen molar-refractivity contribution in [1.29, 1.82) is 0 Å². The molecule has 1 aliphatic heterocycles. The molecule has 37 heavy (non-hydrogen) atoms. The minimum absolute atomic E-state index is 0.00731. The number of hydrogen-bond donors (Lipinski definition) is 0. The Morgan fingerprint density at radius 3 is 2.62 bits per heavy atom. The smallest absolute Gasteiger partial charge is 0.297 e. The third-order valence-electron chi connectivity index (χ3n) is 6.09. The Bertz CT molecular complexity index is 1550. The highest BCUT2D eigenvalue weighted by Crippen LogP contribution is 2.44. The molecule has 5 rings (SSSR count). The van der Waals surface area contributed by atoms with E-state index < -0.39 is 11.9 Å². The normalized spacial score (nSPS) is 15.0. The number of halogens is 1. The fraction of sp³-hybridized carbons (Fsp3) is 0.333. The molecule has 1 aliphatic rings. The molecule has 0 spiro atoms. The third-order valence-corrected chi connectivity index (χ3v) is 7.42. The fourth-order valence-corrected chi connectivity index (χ4v) is 5.40. The first-order valence-corrected chi connectivity index (χ1v) is 13.7. The number of amides is 1. The lowest BCUT2D eigenvalue weighted by Crippen LogP contribution is -2.29. The van der Waals surface area contributed by atoms with Crippen LogP contribution in [-0.2, 0) is 0 Å². The first kappa shape index (κ1) is 25.4. The number of anilines is 1. The average Bonchev–Trinajstić information content (AvgIpc) is 3.41.